The number of nitrogens with zero attached hydrogens (tertiary/aromatic N) is 2. The number of rotatable bonds is 3. The molecule has 0 aliphatic heterocycles. The van der Waals surface area contributed by atoms with Crippen LogP contribution in [0.2, 0.25) is 0 Å². The van der Waals surface area contributed by atoms with E-state index >= 15 is 0 Å². The van der Waals surface area contributed by atoms with Crippen molar-refractivity contribution < 1.29 is 0 Å². The van der Waals surface area contributed by atoms with Crippen molar-refractivity contribution in [1.29, 1.82) is 5.41 Å². The Morgan fingerprint density at radius 2 is 1.93 bits per heavy atom. The molecule has 0 aromatic rings. The predicted molar refractivity (Wildman–Crippen MR) is 60.5 cm³/mol. The second-order valence-corrected chi connectivity index (χ2v) is 3.82. The molecule has 1 atom stereocenters. The van der Waals surface area contributed by atoms with Gasteiger partial charge in [-0.05, 0) is 12.8 Å². The summed E-state index contributed by atoms with van der Waals surface area (Å²) in [5.74, 6) is 1.17. The lowest BCUT2D eigenvalue weighted by atomic mass is 10.1. The maximum Gasteiger partial charge on any atom is 0.187 e. The highest BCUT2D eigenvalue weighted by Gasteiger charge is 2.12. The summed E-state index contributed by atoms with van der Waals surface area (Å²) >= 11 is 0. The molecule has 5 heteroatoms. The Kier molecular flexibility index (Phi) is 4.97. The van der Waals surface area contributed by atoms with Crippen LogP contribution in [0.15, 0.2) is 4.99 Å². The number of aliphatic imine (C=N–C) groups is 1. The van der Waals surface area contributed by atoms with Crippen LogP contribution in [0.5, 0.6) is 0 Å². The second-order valence-electron chi connectivity index (χ2n) is 3.82. The number of amidine groups is 1. The van der Waals surface area contributed by atoms with Crippen molar-refractivity contribution in [3.8, 4) is 0 Å². The summed E-state index contributed by atoms with van der Waals surface area (Å²) in [5.41, 5.74) is 5.27. The van der Waals surface area contributed by atoms with Crippen molar-refractivity contribution in [3.05, 3.63) is 0 Å². The number of guanidine groups is 1. The maximum absolute atomic E-state index is 7.15. The highest BCUT2D eigenvalue weighted by atomic mass is 15.2. The fourth-order valence-electron chi connectivity index (χ4n) is 0.824. The first kappa shape index (κ1) is 12.7. The normalized spacial score (nSPS) is 14.0. The Morgan fingerprint density at radius 1 is 1.43 bits per heavy atom. The minimum absolute atomic E-state index is 0.0426. The first-order chi connectivity index (χ1) is 6.34. The first-order valence-corrected chi connectivity index (χ1v) is 4.67. The van der Waals surface area contributed by atoms with Gasteiger partial charge in [0.05, 0.1) is 5.84 Å². The summed E-state index contributed by atoms with van der Waals surface area (Å²) < 4.78 is 0. The van der Waals surface area contributed by atoms with Crippen LogP contribution in [-0.4, -0.2) is 37.0 Å². The molecule has 0 saturated carbocycles. The van der Waals surface area contributed by atoms with E-state index in [-0.39, 0.29) is 12.1 Å². The van der Waals surface area contributed by atoms with Crippen LogP contribution in [0.25, 0.3) is 0 Å². The number of hydrogen-bond acceptors (Lipinski definition) is 2. The average Bonchev–Trinajstić information content (AvgIpc) is 2.01. The van der Waals surface area contributed by atoms with Crippen LogP contribution in [-0.2, 0) is 0 Å². The molecule has 0 spiro atoms. The molecular weight excluding hydrogens is 178 g/mol. The first-order valence-electron chi connectivity index (χ1n) is 4.67. The summed E-state index contributed by atoms with van der Waals surface area (Å²) in [5, 5.41) is 9.97. The van der Waals surface area contributed by atoms with E-state index in [1.54, 1.807) is 0 Å². The molecule has 0 bridgehead atoms. The van der Waals surface area contributed by atoms with Gasteiger partial charge < -0.3 is 16.0 Å². The minimum atomic E-state index is -0.130. The molecule has 0 radical (unpaired) electrons. The predicted octanol–water partition coefficient (Wildman–Crippen LogP) is 0.432. The van der Waals surface area contributed by atoms with E-state index < -0.39 is 0 Å². The summed E-state index contributed by atoms with van der Waals surface area (Å²) in [6.45, 7) is 6.00. The van der Waals surface area contributed by atoms with Gasteiger partial charge in [0, 0.05) is 14.1 Å². The third-order valence-electron chi connectivity index (χ3n) is 1.91. The minimum Gasteiger partial charge on any atom is -0.370 e. The van der Waals surface area contributed by atoms with E-state index in [1.165, 1.54) is 0 Å². The van der Waals surface area contributed by atoms with Gasteiger partial charge in [0.1, 0.15) is 6.17 Å². The molecule has 4 N–H and O–H groups in total. The molecule has 0 aromatic carbocycles. The molecule has 0 aliphatic rings. The van der Waals surface area contributed by atoms with Crippen LogP contribution in [0.1, 0.15) is 20.8 Å². The molecule has 1 unspecified atom stereocenters. The molecule has 14 heavy (non-hydrogen) atoms. The topological polar surface area (TPSA) is 77.5 Å². The van der Waals surface area contributed by atoms with Gasteiger partial charge in [0.2, 0.25) is 0 Å². The van der Waals surface area contributed by atoms with E-state index in [1.807, 2.05) is 39.8 Å². The molecular formula is C9H21N5. The second kappa shape index (κ2) is 5.47. The van der Waals surface area contributed by atoms with E-state index in [0.29, 0.717) is 5.92 Å². The lowest BCUT2D eigenvalue weighted by Gasteiger charge is -2.21. The van der Waals surface area contributed by atoms with Crippen LogP contribution in [0.3, 0.4) is 0 Å². The van der Waals surface area contributed by atoms with Crippen molar-refractivity contribution in [3.63, 3.8) is 0 Å². The molecule has 0 aliphatic carbocycles. The van der Waals surface area contributed by atoms with Crippen LogP contribution >= 0.6 is 0 Å². The van der Waals surface area contributed by atoms with Gasteiger partial charge in [-0.2, -0.15) is 0 Å². The van der Waals surface area contributed by atoms with E-state index in [4.69, 9.17) is 11.1 Å². The Hall–Kier alpha value is -1.26. The van der Waals surface area contributed by atoms with Gasteiger partial charge in [0.25, 0.3) is 0 Å². The van der Waals surface area contributed by atoms with Gasteiger partial charge in [-0.1, -0.05) is 13.8 Å². The van der Waals surface area contributed by atoms with Crippen LogP contribution < -0.4 is 11.1 Å². The Labute approximate surface area is 85.9 Å². The standard InChI is InChI=1S/C9H21N5/c1-6(2)8(13-9(10)11)12-7(3)14(4)5/h6,8H,1-5H3,(H4,10,11,13). The van der Waals surface area contributed by atoms with Crippen molar-refractivity contribution in [2.45, 2.75) is 26.9 Å². The summed E-state index contributed by atoms with van der Waals surface area (Å²) in [4.78, 5) is 6.35. The molecule has 0 rings (SSSR count). The number of nitrogens with two attached hydrogens (primary N) is 1. The van der Waals surface area contributed by atoms with Crippen LogP contribution in [0, 0.1) is 11.3 Å². The molecule has 5 nitrogen and oxygen atoms in total. The largest absolute Gasteiger partial charge is 0.370 e. The molecule has 0 fully saturated rings. The highest BCUT2D eigenvalue weighted by molar-refractivity contribution is 5.80. The highest BCUT2D eigenvalue weighted by Crippen LogP contribution is 2.03. The molecule has 0 heterocycles. The zero-order valence-electron chi connectivity index (χ0n) is 9.63. The molecule has 0 saturated heterocycles. The molecule has 82 valence electrons. The zero-order valence-corrected chi connectivity index (χ0v) is 9.63. The van der Waals surface area contributed by atoms with Gasteiger partial charge in [-0.15, -0.1) is 0 Å². The smallest absolute Gasteiger partial charge is 0.187 e. The third kappa shape index (κ3) is 4.69. The Bertz CT molecular complexity index is 219. The van der Waals surface area contributed by atoms with Gasteiger partial charge in [-0.25, -0.2) is 4.99 Å². The maximum atomic E-state index is 7.15. The van der Waals surface area contributed by atoms with Crippen molar-refractivity contribution in [2.24, 2.45) is 16.6 Å². The molecule has 0 aromatic heterocycles. The quantitative estimate of drug-likeness (QED) is 0.455. The van der Waals surface area contributed by atoms with Crippen molar-refractivity contribution in [1.82, 2.24) is 10.2 Å². The third-order valence-corrected chi connectivity index (χ3v) is 1.91. The lowest BCUT2D eigenvalue weighted by Crippen LogP contribution is -2.42. The summed E-state index contributed by atoms with van der Waals surface area (Å²) in [6, 6.07) is 0. The van der Waals surface area contributed by atoms with Crippen molar-refractivity contribution in [2.75, 3.05) is 14.1 Å². The van der Waals surface area contributed by atoms with Gasteiger partial charge in [0.15, 0.2) is 5.96 Å². The average molecular weight is 199 g/mol. The number of nitrogens with one attached hydrogen (secondary N) is 2. The number of hydrogen-bond donors (Lipinski definition) is 3. The summed E-state index contributed by atoms with van der Waals surface area (Å²) in [7, 11) is 3.87. The van der Waals surface area contributed by atoms with E-state index in [0.717, 1.165) is 5.84 Å². The Morgan fingerprint density at radius 3 is 2.21 bits per heavy atom. The van der Waals surface area contributed by atoms with E-state index in [2.05, 4.69) is 10.3 Å². The monoisotopic (exact) mass is 199 g/mol. The fourth-order valence-corrected chi connectivity index (χ4v) is 0.824. The summed E-state index contributed by atoms with van der Waals surface area (Å²) in [6.07, 6.45) is -0.130. The zero-order chi connectivity index (χ0) is 11.3. The fraction of sp³-hybridized carbons (Fsp3) is 0.778. The Balaban J connectivity index is 4.51. The van der Waals surface area contributed by atoms with Gasteiger partial charge in [-0.3, -0.25) is 5.41 Å². The van der Waals surface area contributed by atoms with E-state index in [9.17, 15) is 0 Å². The SMILES string of the molecule is CC(=NC(NC(=N)N)C(C)C)N(C)C. The van der Waals surface area contributed by atoms with Crippen molar-refractivity contribution >= 4 is 11.8 Å². The molecule has 0 amide bonds. The lowest BCUT2D eigenvalue weighted by molar-refractivity contribution is 0.458. The van der Waals surface area contributed by atoms with Gasteiger partial charge >= 0.3 is 0 Å². The van der Waals surface area contributed by atoms with Crippen LogP contribution in [0.4, 0.5) is 0 Å².